The summed E-state index contributed by atoms with van der Waals surface area (Å²) in [6, 6.07) is 0. The number of allylic oxidation sites excluding steroid dienone is 4. The van der Waals surface area contributed by atoms with Crippen LogP contribution in [0.5, 0.6) is 0 Å². The van der Waals surface area contributed by atoms with Crippen molar-refractivity contribution in [2.24, 2.45) is 17.3 Å². The Kier molecular flexibility index (Phi) is 11.8. The molecule has 0 aromatic rings. The average Bonchev–Trinajstić information content (AvgIpc) is 3.26. The number of amides is 1. The molecule has 0 aromatic heterocycles. The predicted octanol–water partition coefficient (Wildman–Crippen LogP) is 10.3. The molecule has 3 saturated carbocycles. The number of rotatable bonds is 9. The molecular formula is C37H66FNO4Si2. The van der Waals surface area contributed by atoms with Gasteiger partial charge in [0.25, 0.3) is 5.91 Å². The third kappa shape index (κ3) is 8.89. The monoisotopic (exact) mass is 663 g/mol. The molecule has 3 aliphatic rings. The lowest BCUT2D eigenvalue weighted by molar-refractivity contribution is -0.162. The summed E-state index contributed by atoms with van der Waals surface area (Å²) in [4.78, 5) is 17.3. The quantitative estimate of drug-likeness (QED) is 0.140. The summed E-state index contributed by atoms with van der Waals surface area (Å²) in [5, 5.41) is 1.44. The van der Waals surface area contributed by atoms with Crippen molar-refractivity contribution >= 4 is 22.5 Å². The van der Waals surface area contributed by atoms with Crippen molar-refractivity contribution in [1.82, 2.24) is 5.06 Å². The van der Waals surface area contributed by atoms with Gasteiger partial charge in [-0.25, -0.2) is 9.45 Å². The van der Waals surface area contributed by atoms with E-state index in [9.17, 15) is 4.79 Å². The second kappa shape index (κ2) is 13.8. The lowest BCUT2D eigenvalue weighted by atomic mass is 9.60. The highest BCUT2D eigenvalue weighted by Gasteiger charge is 2.55. The highest BCUT2D eigenvalue weighted by molar-refractivity contribution is 6.74. The maximum atomic E-state index is 16.3. The van der Waals surface area contributed by atoms with Gasteiger partial charge in [0, 0.05) is 19.0 Å². The Morgan fingerprint density at radius 3 is 1.96 bits per heavy atom. The molecule has 8 heteroatoms. The normalized spacial score (nSPS) is 30.8. The van der Waals surface area contributed by atoms with Crippen molar-refractivity contribution in [2.75, 3.05) is 14.2 Å². The van der Waals surface area contributed by atoms with E-state index in [1.54, 1.807) is 6.92 Å². The number of hydrogen-bond acceptors (Lipinski definition) is 4. The molecule has 258 valence electrons. The molecule has 0 bridgehead atoms. The average molecular weight is 664 g/mol. The zero-order chi connectivity index (χ0) is 34.2. The van der Waals surface area contributed by atoms with Gasteiger partial charge in [0.1, 0.15) is 5.67 Å². The van der Waals surface area contributed by atoms with Crippen LogP contribution in [-0.2, 0) is 18.5 Å². The maximum Gasteiger partial charge on any atom is 0.269 e. The molecule has 0 spiro atoms. The van der Waals surface area contributed by atoms with Crippen LogP contribution in [0, 0.1) is 17.3 Å². The van der Waals surface area contributed by atoms with Crippen LogP contribution in [0.15, 0.2) is 35.5 Å². The van der Waals surface area contributed by atoms with Crippen LogP contribution in [0.2, 0.25) is 36.3 Å². The van der Waals surface area contributed by atoms with Crippen molar-refractivity contribution in [3.05, 3.63) is 35.5 Å². The summed E-state index contributed by atoms with van der Waals surface area (Å²) in [7, 11) is -0.899. The third-order valence-electron chi connectivity index (χ3n) is 12.4. The Balaban J connectivity index is 1.87. The Morgan fingerprint density at radius 2 is 1.47 bits per heavy atom. The van der Waals surface area contributed by atoms with E-state index < -0.39 is 22.3 Å². The van der Waals surface area contributed by atoms with Gasteiger partial charge < -0.3 is 8.85 Å². The molecule has 0 aromatic carbocycles. The molecule has 1 amide bonds. The van der Waals surface area contributed by atoms with E-state index in [0.29, 0.717) is 5.92 Å². The van der Waals surface area contributed by atoms with Crippen LogP contribution >= 0.6 is 0 Å². The minimum atomic E-state index is -1.94. The topological polar surface area (TPSA) is 48.0 Å². The molecule has 3 rings (SSSR count). The van der Waals surface area contributed by atoms with Crippen molar-refractivity contribution in [1.29, 1.82) is 0 Å². The van der Waals surface area contributed by atoms with E-state index in [2.05, 4.69) is 86.8 Å². The Labute approximate surface area is 277 Å². The van der Waals surface area contributed by atoms with E-state index >= 15 is 4.39 Å². The molecule has 0 radical (unpaired) electrons. The van der Waals surface area contributed by atoms with Gasteiger partial charge in [0.05, 0.1) is 19.3 Å². The van der Waals surface area contributed by atoms with Crippen LogP contribution in [0.3, 0.4) is 0 Å². The van der Waals surface area contributed by atoms with Crippen LogP contribution < -0.4 is 0 Å². The number of hydroxylamine groups is 2. The molecule has 5 nitrogen and oxygen atoms in total. The summed E-state index contributed by atoms with van der Waals surface area (Å²) in [6.45, 7) is 27.3. The van der Waals surface area contributed by atoms with Gasteiger partial charge in [-0.3, -0.25) is 9.63 Å². The van der Waals surface area contributed by atoms with Gasteiger partial charge in [0.2, 0.25) is 0 Å². The smallest absolute Gasteiger partial charge is 0.269 e. The molecule has 3 aliphatic carbocycles. The Hall–Kier alpha value is -1.07. The number of hydrogen-bond donors (Lipinski definition) is 0. The van der Waals surface area contributed by atoms with Crippen LogP contribution in [0.25, 0.3) is 0 Å². The number of halogens is 1. The first-order chi connectivity index (χ1) is 20.4. The number of nitrogens with zero attached hydrogens (tertiary/aromatic N) is 1. The summed E-state index contributed by atoms with van der Waals surface area (Å²) in [5.41, 5.74) is 1.17. The number of carbonyl (C=O) groups excluding carboxylic acids is 1. The van der Waals surface area contributed by atoms with Gasteiger partial charge in [-0.1, -0.05) is 71.8 Å². The first-order valence-electron chi connectivity index (χ1n) is 17.4. The van der Waals surface area contributed by atoms with Gasteiger partial charge in [-0.2, -0.15) is 0 Å². The largest absolute Gasteiger partial charge is 0.414 e. The van der Waals surface area contributed by atoms with E-state index in [1.165, 1.54) is 37.5 Å². The Morgan fingerprint density at radius 1 is 0.933 bits per heavy atom. The molecule has 0 unspecified atom stereocenters. The number of likely N-dealkylation sites (N-methyl/N-ethyl adjacent to an activating group) is 1. The third-order valence-corrected chi connectivity index (χ3v) is 21.4. The second-order valence-electron chi connectivity index (χ2n) is 17.8. The summed E-state index contributed by atoms with van der Waals surface area (Å²) in [5.74, 6) is -0.130. The molecule has 0 N–H and O–H groups in total. The highest BCUT2D eigenvalue weighted by Crippen LogP contribution is 2.61. The van der Waals surface area contributed by atoms with Crippen molar-refractivity contribution in [3.63, 3.8) is 0 Å². The fourth-order valence-corrected chi connectivity index (χ4v) is 10.3. The standard InChI is InChI=1S/C37H66FNO4Si2/c1-34(2,3)44(11,12)42-29-24-27(25-30(26-29)43-45(13,14)35(4,5)6)17-18-28-16-15-22-36(7)31(28)19-20-32(36)37(8,38)23-21-33(40)39(9)41-10/h17-18,21,23,29-32H,15-16,19-20,22,24-26H2,1-14H3/b23-21+,28-18+/t29-,30-,31+,32+,36+,37+/m1/s1. The van der Waals surface area contributed by atoms with Gasteiger partial charge >= 0.3 is 0 Å². The lowest BCUT2D eigenvalue weighted by Gasteiger charge is -2.45. The van der Waals surface area contributed by atoms with Crippen LogP contribution in [-0.4, -0.2) is 59.6 Å². The minimum Gasteiger partial charge on any atom is -0.414 e. The first kappa shape index (κ1) is 38.4. The van der Waals surface area contributed by atoms with Crippen LogP contribution in [0.1, 0.15) is 107 Å². The molecule has 6 atom stereocenters. The van der Waals surface area contributed by atoms with E-state index in [4.69, 9.17) is 13.7 Å². The molecule has 3 fully saturated rings. The molecule has 45 heavy (non-hydrogen) atoms. The minimum absolute atomic E-state index is 0.136. The molecule has 0 aliphatic heterocycles. The summed E-state index contributed by atoms with van der Waals surface area (Å²) >= 11 is 0. The summed E-state index contributed by atoms with van der Waals surface area (Å²) in [6.07, 6.45) is 15.7. The predicted molar refractivity (Wildman–Crippen MR) is 191 cm³/mol. The van der Waals surface area contributed by atoms with Gasteiger partial charge in [0.15, 0.2) is 16.6 Å². The number of carbonyl (C=O) groups is 1. The SMILES string of the molecule is CON(C)C(=O)/C=C/[C@](C)(F)[C@H]1CC[C@H]2/C(=C/C=C3C[C@@H](O[Si](C)(C)C(C)(C)C)C[C@H](O[Si](C)(C)C(C)(C)C)C3)CCC[C@@]21C. The fraction of sp³-hybridized carbons (Fsp3) is 0.811. The lowest BCUT2D eigenvalue weighted by Crippen LogP contribution is -2.48. The van der Waals surface area contributed by atoms with E-state index in [0.717, 1.165) is 56.4 Å². The van der Waals surface area contributed by atoms with Gasteiger partial charge in [-0.05, 0) is 112 Å². The molecule has 0 saturated heterocycles. The first-order valence-corrected chi connectivity index (χ1v) is 23.2. The second-order valence-corrected chi connectivity index (χ2v) is 27.3. The Bertz CT molecular complexity index is 1110. The maximum absolute atomic E-state index is 16.3. The summed E-state index contributed by atoms with van der Waals surface area (Å²) < 4.78 is 30.4. The van der Waals surface area contributed by atoms with Crippen molar-refractivity contribution in [2.45, 2.75) is 161 Å². The van der Waals surface area contributed by atoms with E-state index in [-0.39, 0.29) is 39.5 Å². The van der Waals surface area contributed by atoms with Crippen molar-refractivity contribution < 1.29 is 22.9 Å². The highest BCUT2D eigenvalue weighted by atomic mass is 28.4. The van der Waals surface area contributed by atoms with Gasteiger partial charge in [-0.15, -0.1) is 0 Å². The van der Waals surface area contributed by atoms with E-state index in [1.807, 2.05) is 0 Å². The van der Waals surface area contributed by atoms with Crippen LogP contribution in [0.4, 0.5) is 4.39 Å². The number of alkyl halides is 1. The van der Waals surface area contributed by atoms with Crippen molar-refractivity contribution in [3.8, 4) is 0 Å². The zero-order valence-corrected chi connectivity index (χ0v) is 33.2. The fourth-order valence-electron chi connectivity index (χ4n) is 7.57. The number of fused-ring (bicyclic) bond motifs is 1. The molecule has 0 heterocycles. The molecular weight excluding hydrogens is 598 g/mol. The zero-order valence-electron chi connectivity index (χ0n) is 31.2.